The van der Waals surface area contributed by atoms with E-state index in [2.05, 4.69) is 41.0 Å². The van der Waals surface area contributed by atoms with Crippen LogP contribution in [-0.2, 0) is 0 Å². The summed E-state index contributed by atoms with van der Waals surface area (Å²) in [5.74, 6) is 6.76. The Labute approximate surface area is 208 Å². The molecule has 0 aliphatic carbocycles. The normalized spacial score (nSPS) is 22.1. The predicted molar refractivity (Wildman–Crippen MR) is 139 cm³/mol. The van der Waals surface area contributed by atoms with Crippen LogP contribution in [0.5, 0.6) is 0 Å². The topological polar surface area (TPSA) is 43.8 Å². The first-order chi connectivity index (χ1) is 17.1. The molecule has 3 atom stereocenters. The highest BCUT2D eigenvalue weighted by atomic mass is 16.3. The highest BCUT2D eigenvalue weighted by Gasteiger charge is 2.49. The molecular formula is C31H32N2O2. The van der Waals surface area contributed by atoms with E-state index in [0.29, 0.717) is 6.54 Å². The van der Waals surface area contributed by atoms with E-state index < -0.39 is 0 Å². The van der Waals surface area contributed by atoms with E-state index in [0.717, 1.165) is 48.2 Å². The van der Waals surface area contributed by atoms with E-state index >= 15 is 0 Å². The number of carbonyl (C=O) groups is 1. The predicted octanol–water partition coefficient (Wildman–Crippen LogP) is 4.46. The van der Waals surface area contributed by atoms with Gasteiger partial charge in [0.15, 0.2) is 0 Å². The highest BCUT2D eigenvalue weighted by Crippen LogP contribution is 2.42. The fourth-order valence-electron chi connectivity index (χ4n) is 5.46. The second-order valence-corrected chi connectivity index (χ2v) is 9.64. The van der Waals surface area contributed by atoms with E-state index in [9.17, 15) is 9.90 Å². The lowest BCUT2D eigenvalue weighted by Crippen LogP contribution is -2.67. The van der Waals surface area contributed by atoms with Gasteiger partial charge in [-0.3, -0.25) is 9.69 Å². The molecule has 2 saturated heterocycles. The van der Waals surface area contributed by atoms with Crippen LogP contribution in [0.1, 0.15) is 51.4 Å². The van der Waals surface area contributed by atoms with Crippen molar-refractivity contribution in [1.82, 2.24) is 9.80 Å². The van der Waals surface area contributed by atoms with Crippen LogP contribution in [0.3, 0.4) is 0 Å². The Balaban J connectivity index is 1.35. The van der Waals surface area contributed by atoms with Gasteiger partial charge in [0.25, 0.3) is 5.91 Å². The monoisotopic (exact) mass is 464 g/mol. The molecule has 0 unspecified atom stereocenters. The van der Waals surface area contributed by atoms with Crippen molar-refractivity contribution in [1.29, 1.82) is 0 Å². The van der Waals surface area contributed by atoms with Crippen molar-refractivity contribution in [3.8, 4) is 11.8 Å². The Kier molecular flexibility index (Phi) is 6.99. The summed E-state index contributed by atoms with van der Waals surface area (Å²) in [6.45, 7) is 4.60. The van der Waals surface area contributed by atoms with Gasteiger partial charge in [0, 0.05) is 47.8 Å². The Bertz CT molecular complexity index is 1210. The van der Waals surface area contributed by atoms with Crippen molar-refractivity contribution in [2.24, 2.45) is 0 Å². The largest absolute Gasteiger partial charge is 0.395 e. The molecule has 2 aliphatic rings. The van der Waals surface area contributed by atoms with Crippen LogP contribution in [0.25, 0.3) is 0 Å². The first-order valence-electron chi connectivity index (χ1n) is 12.5. The molecule has 4 nitrogen and oxygen atoms in total. The number of rotatable bonds is 3. The van der Waals surface area contributed by atoms with Gasteiger partial charge in [-0.2, -0.15) is 0 Å². The maximum atomic E-state index is 13.3. The Morgan fingerprint density at radius 3 is 2.23 bits per heavy atom. The zero-order valence-corrected chi connectivity index (χ0v) is 20.2. The molecule has 0 bridgehead atoms. The SMILES string of the molecule is Cc1ccc(C(=O)N2CCCCN3[C@H](CO)[C@H](c4ccc(C#Cc5ccccc5)cc4)[C@@H]3C2)cc1. The van der Waals surface area contributed by atoms with Crippen molar-refractivity contribution in [3.05, 3.63) is 107 Å². The van der Waals surface area contributed by atoms with E-state index in [1.165, 1.54) is 5.56 Å². The number of aliphatic hydroxyl groups is 1. The average molecular weight is 465 g/mol. The molecule has 3 aromatic rings. The minimum Gasteiger partial charge on any atom is -0.395 e. The molecule has 0 aromatic heterocycles. The Morgan fingerprint density at radius 1 is 0.886 bits per heavy atom. The number of amides is 1. The summed E-state index contributed by atoms with van der Waals surface area (Å²) in [7, 11) is 0. The molecule has 2 aliphatic heterocycles. The molecule has 35 heavy (non-hydrogen) atoms. The van der Waals surface area contributed by atoms with Crippen LogP contribution in [-0.4, -0.2) is 59.1 Å². The molecule has 3 aromatic carbocycles. The number of benzene rings is 3. The lowest BCUT2D eigenvalue weighted by Gasteiger charge is -2.57. The molecule has 1 N–H and O–H groups in total. The fraction of sp³-hybridized carbons (Fsp3) is 0.323. The summed E-state index contributed by atoms with van der Waals surface area (Å²) in [6, 6.07) is 26.6. The molecule has 2 fully saturated rings. The van der Waals surface area contributed by atoms with Crippen LogP contribution in [0.2, 0.25) is 0 Å². The van der Waals surface area contributed by atoms with Crippen LogP contribution >= 0.6 is 0 Å². The number of carbonyl (C=O) groups excluding carboxylic acids is 1. The lowest BCUT2D eigenvalue weighted by atomic mass is 9.74. The van der Waals surface area contributed by atoms with Crippen molar-refractivity contribution < 1.29 is 9.90 Å². The Morgan fingerprint density at radius 2 is 1.54 bits per heavy atom. The third kappa shape index (κ3) is 5.03. The minimum absolute atomic E-state index is 0.0932. The fourth-order valence-corrected chi connectivity index (χ4v) is 5.46. The van der Waals surface area contributed by atoms with Gasteiger partial charge >= 0.3 is 0 Å². The smallest absolute Gasteiger partial charge is 0.253 e. The summed E-state index contributed by atoms with van der Waals surface area (Å²) < 4.78 is 0. The van der Waals surface area contributed by atoms with Crippen molar-refractivity contribution in [2.75, 3.05) is 26.2 Å². The Hall–Kier alpha value is -3.39. The quantitative estimate of drug-likeness (QED) is 0.582. The summed E-state index contributed by atoms with van der Waals surface area (Å²) >= 11 is 0. The van der Waals surface area contributed by atoms with Gasteiger partial charge in [-0.1, -0.05) is 59.9 Å². The lowest BCUT2D eigenvalue weighted by molar-refractivity contribution is -0.0606. The standard InChI is InChI=1S/C31H32N2O2/c1-23-9-15-27(16-10-23)31(35)32-19-5-6-20-33-28(21-32)30(29(33)22-34)26-17-13-25(14-18-26)12-11-24-7-3-2-4-8-24/h2-4,7-10,13-18,28-30,34H,5-6,19-22H2,1H3/t28-,29+,30+/m0/s1. The number of aliphatic hydroxyl groups excluding tert-OH is 1. The molecule has 5 rings (SSSR count). The zero-order chi connectivity index (χ0) is 24.2. The molecule has 4 heteroatoms. The number of aryl methyl sites for hydroxylation is 1. The summed E-state index contributed by atoms with van der Waals surface area (Å²) in [6.07, 6.45) is 2.02. The second kappa shape index (κ2) is 10.5. The molecule has 0 spiro atoms. The number of hydrogen-bond acceptors (Lipinski definition) is 3. The third-order valence-electron chi connectivity index (χ3n) is 7.38. The highest BCUT2D eigenvalue weighted by molar-refractivity contribution is 5.94. The van der Waals surface area contributed by atoms with Crippen LogP contribution in [0, 0.1) is 18.8 Å². The van der Waals surface area contributed by atoms with E-state index in [-0.39, 0.29) is 30.5 Å². The third-order valence-corrected chi connectivity index (χ3v) is 7.38. The zero-order valence-electron chi connectivity index (χ0n) is 20.2. The van der Waals surface area contributed by atoms with Crippen molar-refractivity contribution in [2.45, 2.75) is 37.8 Å². The minimum atomic E-state index is 0.0932. The van der Waals surface area contributed by atoms with Gasteiger partial charge in [0.05, 0.1) is 6.61 Å². The molecule has 2 heterocycles. The van der Waals surface area contributed by atoms with Gasteiger partial charge in [-0.25, -0.2) is 0 Å². The van der Waals surface area contributed by atoms with Gasteiger partial charge in [-0.15, -0.1) is 0 Å². The van der Waals surface area contributed by atoms with Crippen molar-refractivity contribution in [3.63, 3.8) is 0 Å². The van der Waals surface area contributed by atoms with Crippen LogP contribution in [0.4, 0.5) is 0 Å². The molecule has 1 amide bonds. The summed E-state index contributed by atoms with van der Waals surface area (Å²) in [4.78, 5) is 17.7. The van der Waals surface area contributed by atoms with Gasteiger partial charge < -0.3 is 10.0 Å². The first kappa shape index (κ1) is 23.4. The van der Waals surface area contributed by atoms with Crippen LogP contribution in [0.15, 0.2) is 78.9 Å². The van der Waals surface area contributed by atoms with Gasteiger partial charge in [0.1, 0.15) is 0 Å². The first-order valence-corrected chi connectivity index (χ1v) is 12.5. The van der Waals surface area contributed by atoms with E-state index in [1.54, 1.807) is 0 Å². The summed E-state index contributed by atoms with van der Waals surface area (Å²) in [5, 5.41) is 10.2. The molecular weight excluding hydrogens is 432 g/mol. The maximum Gasteiger partial charge on any atom is 0.253 e. The maximum absolute atomic E-state index is 13.3. The number of hydrogen-bond donors (Lipinski definition) is 1. The van der Waals surface area contributed by atoms with Crippen molar-refractivity contribution >= 4 is 5.91 Å². The van der Waals surface area contributed by atoms with Crippen LogP contribution < -0.4 is 0 Å². The number of fused-ring (bicyclic) bond motifs is 1. The van der Waals surface area contributed by atoms with E-state index in [1.807, 2.05) is 66.4 Å². The molecule has 178 valence electrons. The average Bonchev–Trinajstić information content (AvgIpc) is 2.88. The molecule has 0 saturated carbocycles. The summed E-state index contributed by atoms with van der Waals surface area (Å²) in [5.41, 5.74) is 5.09. The van der Waals surface area contributed by atoms with Gasteiger partial charge in [-0.05, 0) is 68.3 Å². The second-order valence-electron chi connectivity index (χ2n) is 9.64. The van der Waals surface area contributed by atoms with E-state index in [4.69, 9.17) is 0 Å². The molecule has 0 radical (unpaired) electrons. The van der Waals surface area contributed by atoms with Gasteiger partial charge in [0.2, 0.25) is 0 Å². The number of nitrogens with zero attached hydrogens (tertiary/aromatic N) is 2.